The van der Waals surface area contributed by atoms with Gasteiger partial charge >= 0.3 is 0 Å². The molecule has 80 valence electrons. The zero-order valence-corrected chi connectivity index (χ0v) is 8.74. The number of hydrogen-bond donors (Lipinski definition) is 1. The second-order valence-electron chi connectivity index (χ2n) is 3.94. The Morgan fingerprint density at radius 2 is 2.21 bits per heavy atom. The van der Waals surface area contributed by atoms with Gasteiger partial charge in [0.05, 0.1) is 6.26 Å². The molecular weight excluding hydrogens is 181 g/mol. The molecule has 2 nitrogen and oxygen atoms in total. The zero-order chi connectivity index (χ0) is 10.6. The van der Waals surface area contributed by atoms with Crippen molar-refractivity contribution in [2.75, 3.05) is 6.54 Å². The molecule has 0 fully saturated rings. The van der Waals surface area contributed by atoms with Gasteiger partial charge in [0.25, 0.3) is 0 Å². The van der Waals surface area contributed by atoms with Gasteiger partial charge in [0.2, 0.25) is 0 Å². The Labute approximate surface area is 84.3 Å². The van der Waals surface area contributed by atoms with Gasteiger partial charge in [-0.15, -0.1) is 0 Å². The van der Waals surface area contributed by atoms with Crippen LogP contribution in [0.1, 0.15) is 19.6 Å². The zero-order valence-electron chi connectivity index (χ0n) is 8.74. The average Bonchev–Trinajstić information content (AvgIpc) is 2.57. The third kappa shape index (κ3) is 2.84. The number of halogens is 1. The van der Waals surface area contributed by atoms with Crippen molar-refractivity contribution < 1.29 is 8.81 Å². The van der Waals surface area contributed by atoms with Crippen molar-refractivity contribution in [3.8, 4) is 0 Å². The van der Waals surface area contributed by atoms with Gasteiger partial charge in [0.15, 0.2) is 0 Å². The minimum Gasteiger partial charge on any atom is -0.469 e. The van der Waals surface area contributed by atoms with E-state index in [2.05, 4.69) is 0 Å². The third-order valence-corrected chi connectivity index (χ3v) is 2.57. The van der Waals surface area contributed by atoms with Crippen molar-refractivity contribution in [1.29, 1.82) is 0 Å². The van der Waals surface area contributed by atoms with Gasteiger partial charge < -0.3 is 10.2 Å². The highest BCUT2D eigenvalue weighted by atomic mass is 19.1. The number of rotatable bonds is 5. The van der Waals surface area contributed by atoms with E-state index in [0.29, 0.717) is 18.7 Å². The van der Waals surface area contributed by atoms with E-state index in [1.54, 1.807) is 18.4 Å². The van der Waals surface area contributed by atoms with Crippen LogP contribution in [0.15, 0.2) is 22.8 Å². The lowest BCUT2D eigenvalue weighted by atomic mass is 9.89. The quantitative estimate of drug-likeness (QED) is 0.790. The Morgan fingerprint density at radius 1 is 1.50 bits per heavy atom. The first-order valence-corrected chi connectivity index (χ1v) is 5.01. The molecule has 2 atom stereocenters. The van der Waals surface area contributed by atoms with Gasteiger partial charge in [0.1, 0.15) is 11.9 Å². The molecule has 0 aromatic carbocycles. The van der Waals surface area contributed by atoms with Crippen LogP contribution in [0.3, 0.4) is 0 Å². The van der Waals surface area contributed by atoms with Crippen molar-refractivity contribution in [3.63, 3.8) is 0 Å². The summed E-state index contributed by atoms with van der Waals surface area (Å²) in [4.78, 5) is 0. The highest BCUT2D eigenvalue weighted by Crippen LogP contribution is 2.20. The van der Waals surface area contributed by atoms with Gasteiger partial charge in [0, 0.05) is 12.3 Å². The summed E-state index contributed by atoms with van der Waals surface area (Å²) in [5.74, 6) is 0.877. The van der Waals surface area contributed by atoms with Crippen molar-refractivity contribution in [2.45, 2.75) is 26.4 Å². The van der Waals surface area contributed by atoms with E-state index in [4.69, 9.17) is 10.2 Å². The van der Waals surface area contributed by atoms with Crippen LogP contribution in [0.2, 0.25) is 0 Å². The van der Waals surface area contributed by atoms with Crippen LogP contribution in [-0.4, -0.2) is 12.7 Å². The Bertz CT molecular complexity index is 246. The van der Waals surface area contributed by atoms with E-state index in [1.165, 1.54) is 0 Å². The topological polar surface area (TPSA) is 39.2 Å². The second kappa shape index (κ2) is 5.15. The first-order valence-electron chi connectivity index (χ1n) is 5.01. The third-order valence-electron chi connectivity index (χ3n) is 2.57. The van der Waals surface area contributed by atoms with Crippen molar-refractivity contribution >= 4 is 0 Å². The summed E-state index contributed by atoms with van der Waals surface area (Å²) in [7, 11) is 0. The predicted molar refractivity (Wildman–Crippen MR) is 54.7 cm³/mol. The van der Waals surface area contributed by atoms with E-state index in [9.17, 15) is 4.39 Å². The van der Waals surface area contributed by atoms with Gasteiger partial charge in [-0.3, -0.25) is 0 Å². The standard InChI is InChI=1S/C11H18FNO/c1-8(2)10(7-13)11(12)6-9-4-3-5-14-9/h3-5,8,10-11H,6-7,13H2,1-2H3. The van der Waals surface area contributed by atoms with E-state index in [0.717, 1.165) is 0 Å². The van der Waals surface area contributed by atoms with Crippen LogP contribution in [-0.2, 0) is 6.42 Å². The Morgan fingerprint density at radius 3 is 2.64 bits per heavy atom. The molecule has 14 heavy (non-hydrogen) atoms. The summed E-state index contributed by atoms with van der Waals surface area (Å²) in [6, 6.07) is 3.56. The van der Waals surface area contributed by atoms with Crippen molar-refractivity contribution in [2.24, 2.45) is 17.6 Å². The first kappa shape index (κ1) is 11.2. The maximum atomic E-state index is 13.7. The van der Waals surface area contributed by atoms with Gasteiger partial charge in [-0.25, -0.2) is 4.39 Å². The maximum Gasteiger partial charge on any atom is 0.111 e. The minimum atomic E-state index is -0.911. The lowest BCUT2D eigenvalue weighted by molar-refractivity contribution is 0.178. The lowest BCUT2D eigenvalue weighted by Gasteiger charge is -2.22. The molecule has 1 heterocycles. The van der Waals surface area contributed by atoms with Crippen molar-refractivity contribution in [3.05, 3.63) is 24.2 Å². The molecule has 0 aliphatic heterocycles. The van der Waals surface area contributed by atoms with Crippen LogP contribution in [0.25, 0.3) is 0 Å². The highest BCUT2D eigenvalue weighted by molar-refractivity contribution is 5.00. The molecule has 0 bridgehead atoms. The fourth-order valence-corrected chi connectivity index (χ4v) is 1.61. The first-order chi connectivity index (χ1) is 6.65. The molecule has 2 N–H and O–H groups in total. The fourth-order valence-electron chi connectivity index (χ4n) is 1.61. The van der Waals surface area contributed by atoms with E-state index in [-0.39, 0.29) is 11.8 Å². The largest absolute Gasteiger partial charge is 0.469 e. The monoisotopic (exact) mass is 199 g/mol. The van der Waals surface area contributed by atoms with Crippen LogP contribution < -0.4 is 5.73 Å². The molecule has 1 aromatic rings. The van der Waals surface area contributed by atoms with Crippen LogP contribution in [0.5, 0.6) is 0 Å². The van der Waals surface area contributed by atoms with E-state index in [1.807, 2.05) is 13.8 Å². The molecule has 1 aromatic heterocycles. The Kier molecular flexibility index (Phi) is 4.14. The molecule has 0 aliphatic carbocycles. The number of nitrogens with two attached hydrogens (primary N) is 1. The van der Waals surface area contributed by atoms with Crippen LogP contribution >= 0.6 is 0 Å². The summed E-state index contributed by atoms with van der Waals surface area (Å²) < 4.78 is 18.8. The molecule has 3 heteroatoms. The predicted octanol–water partition coefficient (Wildman–Crippen LogP) is 2.39. The molecule has 1 rings (SSSR count). The smallest absolute Gasteiger partial charge is 0.111 e. The lowest BCUT2D eigenvalue weighted by Crippen LogP contribution is -2.30. The Balaban J connectivity index is 2.51. The van der Waals surface area contributed by atoms with Gasteiger partial charge in [-0.05, 0) is 24.6 Å². The molecule has 0 saturated heterocycles. The molecule has 0 saturated carbocycles. The summed E-state index contributed by atoms with van der Waals surface area (Å²) >= 11 is 0. The molecule has 0 spiro atoms. The normalized spacial score (nSPS) is 15.8. The van der Waals surface area contributed by atoms with Gasteiger partial charge in [-0.2, -0.15) is 0 Å². The van der Waals surface area contributed by atoms with Gasteiger partial charge in [-0.1, -0.05) is 13.8 Å². The minimum absolute atomic E-state index is 0.0832. The Hall–Kier alpha value is -0.830. The summed E-state index contributed by atoms with van der Waals surface area (Å²) in [5, 5.41) is 0. The van der Waals surface area contributed by atoms with E-state index >= 15 is 0 Å². The number of furan rings is 1. The SMILES string of the molecule is CC(C)C(CN)C(F)Cc1ccco1. The average molecular weight is 199 g/mol. The number of alkyl halides is 1. The highest BCUT2D eigenvalue weighted by Gasteiger charge is 2.23. The molecule has 0 amide bonds. The molecular formula is C11H18FNO. The summed E-state index contributed by atoms with van der Waals surface area (Å²) in [6.07, 6.45) is 0.980. The van der Waals surface area contributed by atoms with E-state index < -0.39 is 6.17 Å². The molecule has 2 unspecified atom stereocenters. The van der Waals surface area contributed by atoms with Crippen LogP contribution in [0.4, 0.5) is 4.39 Å². The fraction of sp³-hybridized carbons (Fsp3) is 0.636. The van der Waals surface area contributed by atoms with Crippen LogP contribution in [0, 0.1) is 11.8 Å². The molecule has 0 aliphatic rings. The summed E-state index contributed by atoms with van der Waals surface area (Å²) in [6.45, 7) is 4.37. The molecule has 0 radical (unpaired) electrons. The maximum absolute atomic E-state index is 13.7. The number of hydrogen-bond acceptors (Lipinski definition) is 2. The van der Waals surface area contributed by atoms with Crippen molar-refractivity contribution in [1.82, 2.24) is 0 Å². The summed E-state index contributed by atoms with van der Waals surface area (Å²) in [5.41, 5.74) is 5.53. The second-order valence-corrected chi connectivity index (χ2v) is 3.94.